The molecule has 1 saturated heterocycles. The van der Waals surface area contributed by atoms with E-state index in [4.69, 9.17) is 4.74 Å². The van der Waals surface area contributed by atoms with Crippen molar-refractivity contribution in [2.75, 3.05) is 13.1 Å². The molecule has 0 N–H and O–H groups in total. The molecule has 5 nitrogen and oxygen atoms in total. The molecule has 1 fully saturated rings. The Bertz CT molecular complexity index is 711. The number of ether oxygens (including phenoxy) is 1. The van der Waals surface area contributed by atoms with E-state index in [0.29, 0.717) is 37.9 Å². The van der Waals surface area contributed by atoms with E-state index in [9.17, 15) is 9.59 Å². The maximum Gasteiger partial charge on any atom is 0.222 e. The number of hydrogen-bond donors (Lipinski definition) is 0. The molecule has 0 atom stereocenters. The minimum Gasteiger partial charge on any atom is -0.490 e. The Hall–Kier alpha value is -2.69. The lowest BCUT2D eigenvalue weighted by Gasteiger charge is -2.32. The number of pyridine rings is 1. The van der Waals surface area contributed by atoms with Gasteiger partial charge in [-0.1, -0.05) is 30.3 Å². The Kier molecular flexibility index (Phi) is 6.36. The number of piperidine rings is 1. The lowest BCUT2D eigenvalue weighted by atomic mass is 10.0. The van der Waals surface area contributed by atoms with Crippen LogP contribution in [0.15, 0.2) is 54.9 Å². The zero-order valence-corrected chi connectivity index (χ0v) is 14.8. The lowest BCUT2D eigenvalue weighted by molar-refractivity contribution is -0.133. The summed E-state index contributed by atoms with van der Waals surface area (Å²) in [4.78, 5) is 30.3. The maximum atomic E-state index is 12.3. The van der Waals surface area contributed by atoms with E-state index in [1.54, 1.807) is 12.4 Å². The molecule has 1 aliphatic heterocycles. The predicted molar refractivity (Wildman–Crippen MR) is 99.1 cm³/mol. The van der Waals surface area contributed by atoms with Gasteiger partial charge in [0.15, 0.2) is 5.78 Å². The van der Waals surface area contributed by atoms with E-state index in [2.05, 4.69) is 4.98 Å². The summed E-state index contributed by atoms with van der Waals surface area (Å²) in [6, 6.07) is 12.9. The van der Waals surface area contributed by atoms with Gasteiger partial charge < -0.3 is 9.64 Å². The highest BCUT2D eigenvalue weighted by Crippen LogP contribution is 2.19. The Labute approximate surface area is 154 Å². The molecule has 0 saturated carbocycles. The van der Waals surface area contributed by atoms with Crippen LogP contribution in [0.5, 0.6) is 5.75 Å². The fourth-order valence-electron chi connectivity index (χ4n) is 3.16. The van der Waals surface area contributed by atoms with E-state index in [0.717, 1.165) is 18.6 Å². The molecule has 2 heterocycles. The number of ketones is 1. The summed E-state index contributed by atoms with van der Waals surface area (Å²) >= 11 is 0. The van der Waals surface area contributed by atoms with E-state index in [-0.39, 0.29) is 17.8 Å². The Morgan fingerprint density at radius 1 is 1.00 bits per heavy atom. The number of aromatic nitrogens is 1. The molecule has 0 radical (unpaired) electrons. The number of nitrogens with zero attached hydrogens (tertiary/aromatic N) is 2. The third kappa shape index (κ3) is 5.15. The quantitative estimate of drug-likeness (QED) is 0.716. The molecule has 1 aromatic carbocycles. The molecule has 1 amide bonds. The molecule has 26 heavy (non-hydrogen) atoms. The van der Waals surface area contributed by atoms with Gasteiger partial charge in [-0.2, -0.15) is 0 Å². The number of amides is 1. The molecule has 3 rings (SSSR count). The molecular formula is C21H24N2O3. The van der Waals surface area contributed by atoms with Crippen LogP contribution in [0.25, 0.3) is 0 Å². The van der Waals surface area contributed by atoms with Gasteiger partial charge in [0.25, 0.3) is 0 Å². The van der Waals surface area contributed by atoms with Gasteiger partial charge in [-0.3, -0.25) is 14.6 Å². The van der Waals surface area contributed by atoms with Crippen molar-refractivity contribution in [2.45, 2.75) is 38.2 Å². The number of benzene rings is 1. The fourth-order valence-corrected chi connectivity index (χ4v) is 3.16. The Morgan fingerprint density at radius 3 is 2.38 bits per heavy atom. The largest absolute Gasteiger partial charge is 0.490 e. The Balaban J connectivity index is 1.36. The van der Waals surface area contributed by atoms with Gasteiger partial charge in [0.2, 0.25) is 5.91 Å². The van der Waals surface area contributed by atoms with Crippen LogP contribution >= 0.6 is 0 Å². The second-order valence-electron chi connectivity index (χ2n) is 6.52. The van der Waals surface area contributed by atoms with Crippen LogP contribution in [-0.4, -0.2) is 40.8 Å². The first-order valence-corrected chi connectivity index (χ1v) is 9.15. The molecule has 0 unspecified atom stereocenters. The average molecular weight is 352 g/mol. The monoisotopic (exact) mass is 352 g/mol. The van der Waals surface area contributed by atoms with Crippen molar-refractivity contribution in [3.05, 3.63) is 60.4 Å². The molecule has 2 aromatic rings. The van der Waals surface area contributed by atoms with Gasteiger partial charge in [-0.15, -0.1) is 0 Å². The zero-order valence-electron chi connectivity index (χ0n) is 14.8. The highest BCUT2D eigenvalue weighted by atomic mass is 16.5. The average Bonchev–Trinajstić information content (AvgIpc) is 2.70. The van der Waals surface area contributed by atoms with Crippen LogP contribution in [0, 0.1) is 0 Å². The maximum absolute atomic E-state index is 12.3. The lowest BCUT2D eigenvalue weighted by Crippen LogP contribution is -2.41. The molecule has 1 aromatic heterocycles. The van der Waals surface area contributed by atoms with E-state index < -0.39 is 0 Å². The SMILES string of the molecule is O=C(CCCC(=O)N1CCC(Oc2ccncc2)CC1)c1ccccc1. The van der Waals surface area contributed by atoms with Crippen LogP contribution in [0.2, 0.25) is 0 Å². The van der Waals surface area contributed by atoms with E-state index >= 15 is 0 Å². The second kappa shape index (κ2) is 9.13. The first kappa shape index (κ1) is 18.1. The fraction of sp³-hybridized carbons (Fsp3) is 0.381. The van der Waals surface area contributed by atoms with Crippen molar-refractivity contribution in [2.24, 2.45) is 0 Å². The second-order valence-corrected chi connectivity index (χ2v) is 6.52. The van der Waals surface area contributed by atoms with Gasteiger partial charge in [-0.25, -0.2) is 0 Å². The standard InChI is InChI=1S/C21H24N2O3/c24-20(17-5-2-1-3-6-17)7-4-8-21(25)23-15-11-19(12-16-23)26-18-9-13-22-14-10-18/h1-3,5-6,9-10,13-14,19H,4,7-8,11-12,15-16H2. The van der Waals surface area contributed by atoms with Crippen LogP contribution in [0.4, 0.5) is 0 Å². The summed E-state index contributed by atoms with van der Waals surface area (Å²) in [6.07, 6.45) is 6.66. The van der Waals surface area contributed by atoms with Crippen molar-refractivity contribution in [3.63, 3.8) is 0 Å². The summed E-state index contributed by atoms with van der Waals surface area (Å²) in [5, 5.41) is 0. The van der Waals surface area contributed by atoms with Crippen molar-refractivity contribution in [3.8, 4) is 5.75 Å². The van der Waals surface area contributed by atoms with Gasteiger partial charge in [0.05, 0.1) is 0 Å². The van der Waals surface area contributed by atoms with Gasteiger partial charge in [0, 0.05) is 56.7 Å². The topological polar surface area (TPSA) is 59.5 Å². The summed E-state index contributed by atoms with van der Waals surface area (Å²) in [5.41, 5.74) is 0.717. The number of likely N-dealkylation sites (tertiary alicyclic amines) is 1. The highest BCUT2D eigenvalue weighted by Gasteiger charge is 2.23. The summed E-state index contributed by atoms with van der Waals surface area (Å²) in [7, 11) is 0. The molecule has 136 valence electrons. The van der Waals surface area contributed by atoms with Crippen molar-refractivity contribution in [1.29, 1.82) is 0 Å². The third-order valence-electron chi connectivity index (χ3n) is 4.64. The number of carbonyl (C=O) groups excluding carboxylic acids is 2. The summed E-state index contributed by atoms with van der Waals surface area (Å²) in [6.45, 7) is 1.42. The third-order valence-corrected chi connectivity index (χ3v) is 4.64. The number of rotatable bonds is 7. The summed E-state index contributed by atoms with van der Waals surface area (Å²) in [5.74, 6) is 1.06. The smallest absolute Gasteiger partial charge is 0.222 e. The highest BCUT2D eigenvalue weighted by molar-refractivity contribution is 5.96. The van der Waals surface area contributed by atoms with Crippen LogP contribution in [0.1, 0.15) is 42.5 Å². The molecular weight excluding hydrogens is 328 g/mol. The van der Waals surface area contributed by atoms with Gasteiger partial charge in [-0.05, 0) is 18.6 Å². The van der Waals surface area contributed by atoms with E-state index in [1.165, 1.54) is 0 Å². The predicted octanol–water partition coefficient (Wildman–Crippen LogP) is 3.50. The minimum absolute atomic E-state index is 0.0999. The minimum atomic E-state index is 0.0999. The molecule has 1 aliphatic rings. The molecule has 5 heteroatoms. The van der Waals surface area contributed by atoms with Gasteiger partial charge >= 0.3 is 0 Å². The van der Waals surface area contributed by atoms with Gasteiger partial charge in [0.1, 0.15) is 11.9 Å². The molecule has 0 bridgehead atoms. The first-order chi connectivity index (χ1) is 12.7. The van der Waals surface area contributed by atoms with Crippen molar-refractivity contribution >= 4 is 11.7 Å². The summed E-state index contributed by atoms with van der Waals surface area (Å²) < 4.78 is 5.92. The number of carbonyl (C=O) groups is 2. The number of hydrogen-bond acceptors (Lipinski definition) is 4. The van der Waals surface area contributed by atoms with E-state index in [1.807, 2.05) is 47.4 Å². The first-order valence-electron chi connectivity index (χ1n) is 9.15. The molecule has 0 spiro atoms. The molecule has 0 aliphatic carbocycles. The van der Waals surface area contributed by atoms with Crippen LogP contribution in [0.3, 0.4) is 0 Å². The van der Waals surface area contributed by atoms with Crippen molar-refractivity contribution < 1.29 is 14.3 Å². The van der Waals surface area contributed by atoms with Crippen molar-refractivity contribution in [1.82, 2.24) is 9.88 Å². The van der Waals surface area contributed by atoms with Crippen LogP contribution < -0.4 is 4.74 Å². The van der Waals surface area contributed by atoms with Crippen LogP contribution in [-0.2, 0) is 4.79 Å². The normalized spacial score (nSPS) is 14.8. The zero-order chi connectivity index (χ0) is 18.2. The Morgan fingerprint density at radius 2 is 1.69 bits per heavy atom. The number of Topliss-reactive ketones (excluding diaryl/α,β-unsaturated/α-hetero) is 1.